The molecular weight excluding hydrogens is 340 g/mol. The number of hydrogen-bond acceptors (Lipinski definition) is 8. The van der Waals surface area contributed by atoms with E-state index in [1.165, 1.54) is 0 Å². The summed E-state index contributed by atoms with van der Waals surface area (Å²) in [6, 6.07) is 0. The summed E-state index contributed by atoms with van der Waals surface area (Å²) in [5, 5.41) is 31.6. The van der Waals surface area contributed by atoms with Crippen LogP contribution in [0, 0.1) is 0 Å². The van der Waals surface area contributed by atoms with Crippen molar-refractivity contribution < 1.29 is 38.3 Å². The van der Waals surface area contributed by atoms with E-state index in [0.717, 1.165) is 0 Å². The van der Waals surface area contributed by atoms with E-state index >= 15 is 0 Å². The van der Waals surface area contributed by atoms with Crippen LogP contribution in [0.3, 0.4) is 0 Å². The van der Waals surface area contributed by atoms with Gasteiger partial charge >= 0.3 is 0 Å². The fourth-order valence-corrected chi connectivity index (χ4v) is 2.83. The van der Waals surface area contributed by atoms with Gasteiger partial charge in [-0.15, -0.1) is 0 Å². The van der Waals surface area contributed by atoms with Gasteiger partial charge in [0.1, 0.15) is 46.3 Å². The van der Waals surface area contributed by atoms with E-state index < -0.39 is 49.0 Å². The molecule has 0 aliphatic carbocycles. The summed E-state index contributed by atoms with van der Waals surface area (Å²) >= 11 is 2.58. The number of aldehydes is 3. The van der Waals surface area contributed by atoms with E-state index in [2.05, 4.69) is 20.1 Å². The van der Waals surface area contributed by atoms with E-state index in [1.807, 2.05) is 0 Å². The maximum Gasteiger partial charge on any atom is 0.202 e. The molecule has 1 aliphatic heterocycles. The van der Waals surface area contributed by atoms with Crippen LogP contribution in [0.25, 0.3) is 0 Å². The van der Waals surface area contributed by atoms with Gasteiger partial charge in [-0.05, 0) is 0 Å². The van der Waals surface area contributed by atoms with Crippen LogP contribution in [-0.4, -0.2) is 63.9 Å². The molecule has 3 N–H and O–H groups in total. The quantitative estimate of drug-likeness (QED) is 0.477. The van der Waals surface area contributed by atoms with E-state index in [-0.39, 0.29) is 12.6 Å². The maximum absolute atomic E-state index is 10.8. The van der Waals surface area contributed by atoms with Crippen molar-refractivity contribution in [1.82, 2.24) is 0 Å². The van der Waals surface area contributed by atoms with Crippen molar-refractivity contribution in [2.24, 2.45) is 0 Å². The van der Waals surface area contributed by atoms with Crippen molar-refractivity contribution in [1.29, 1.82) is 0 Å². The Labute approximate surface area is 123 Å². The second kappa shape index (κ2) is 6.37. The van der Waals surface area contributed by atoms with E-state index in [4.69, 9.17) is 4.74 Å². The molecule has 1 rings (SSSR count). The molecule has 0 saturated carbocycles. The van der Waals surface area contributed by atoms with Crippen LogP contribution in [-0.2, 0) is 22.9 Å². The number of ether oxygens (including phenoxy) is 1. The molecule has 0 spiro atoms. The number of carbonyl (C=O) groups excluding carboxylic acids is 3. The third-order valence-corrected chi connectivity index (χ3v) is 3.96. The minimum Gasteiger partial charge on any atom is -0.384 e. The lowest BCUT2D eigenvalue weighted by molar-refractivity contribution is -0.357. The average Bonchev–Trinajstić information content (AvgIpc) is 2.38. The molecule has 1 saturated heterocycles. The monoisotopic (exact) mass is 354 g/mol. The molecule has 0 bridgehead atoms. The molecular formula is C11H15BrO8. The standard InChI is InChI=1S/C11H15BrO8/c12-20-8-10(17,2-5-14)11(18,3-6-15)9(16,1-4-13)7-19-8/h4-6,8,16-18H,1-3,7H2/t8-,9-,10+,11+/m1/s1. The number of rotatable bonds is 7. The van der Waals surface area contributed by atoms with E-state index in [0.29, 0.717) is 6.29 Å². The minimum atomic E-state index is -2.49. The van der Waals surface area contributed by atoms with Crippen LogP contribution >= 0.6 is 16.3 Å². The third kappa shape index (κ3) is 2.45. The Kier molecular flexibility index (Phi) is 5.53. The first-order valence-electron chi connectivity index (χ1n) is 5.72. The molecule has 9 heteroatoms. The van der Waals surface area contributed by atoms with Crippen molar-refractivity contribution >= 4 is 35.1 Å². The van der Waals surface area contributed by atoms with Gasteiger partial charge in [0.25, 0.3) is 0 Å². The van der Waals surface area contributed by atoms with Crippen LogP contribution in [0.5, 0.6) is 0 Å². The minimum absolute atomic E-state index is 0.266. The van der Waals surface area contributed by atoms with Crippen LogP contribution in [0.2, 0.25) is 0 Å². The van der Waals surface area contributed by atoms with Gasteiger partial charge in [0.05, 0.1) is 6.61 Å². The van der Waals surface area contributed by atoms with Gasteiger partial charge in [-0.25, -0.2) is 0 Å². The van der Waals surface area contributed by atoms with Gasteiger partial charge in [0.15, 0.2) is 5.60 Å². The number of carbonyl (C=O) groups is 3. The molecule has 20 heavy (non-hydrogen) atoms. The highest BCUT2D eigenvalue weighted by Gasteiger charge is 2.68. The maximum atomic E-state index is 10.8. The summed E-state index contributed by atoms with van der Waals surface area (Å²) in [4.78, 5) is 32.3. The summed E-state index contributed by atoms with van der Waals surface area (Å²) in [6.07, 6.45) is -2.62. The molecule has 0 aromatic rings. The molecule has 0 radical (unpaired) electrons. The summed E-state index contributed by atoms with van der Waals surface area (Å²) in [5.41, 5.74) is -7.12. The van der Waals surface area contributed by atoms with Crippen molar-refractivity contribution in [2.75, 3.05) is 6.61 Å². The van der Waals surface area contributed by atoms with Crippen molar-refractivity contribution in [3.63, 3.8) is 0 Å². The Bertz CT molecular complexity index is 391. The highest BCUT2D eigenvalue weighted by atomic mass is 79.9. The van der Waals surface area contributed by atoms with Crippen molar-refractivity contribution in [3.05, 3.63) is 0 Å². The smallest absolute Gasteiger partial charge is 0.202 e. The molecule has 1 fully saturated rings. The zero-order valence-corrected chi connectivity index (χ0v) is 12.0. The van der Waals surface area contributed by atoms with Gasteiger partial charge in [-0.1, -0.05) is 0 Å². The fourth-order valence-electron chi connectivity index (χ4n) is 2.41. The predicted octanol–water partition coefficient (Wildman–Crippen LogP) is -1.37. The van der Waals surface area contributed by atoms with Gasteiger partial charge < -0.3 is 34.4 Å². The molecule has 0 amide bonds. The highest BCUT2D eigenvalue weighted by Crippen LogP contribution is 2.46. The first kappa shape index (κ1) is 17.3. The molecule has 0 aromatic carbocycles. The molecule has 0 unspecified atom stereocenters. The molecule has 114 valence electrons. The Hall–Kier alpha value is -0.710. The molecule has 8 nitrogen and oxygen atoms in total. The largest absolute Gasteiger partial charge is 0.384 e. The Morgan fingerprint density at radius 1 is 1.10 bits per heavy atom. The first-order chi connectivity index (χ1) is 9.35. The molecule has 4 atom stereocenters. The number of hydrogen-bond donors (Lipinski definition) is 3. The lowest BCUT2D eigenvalue weighted by Gasteiger charge is -2.56. The van der Waals surface area contributed by atoms with Gasteiger partial charge in [-0.2, -0.15) is 0 Å². The van der Waals surface area contributed by atoms with Crippen LogP contribution in [0.15, 0.2) is 0 Å². The average molecular weight is 355 g/mol. The Balaban J connectivity index is 3.38. The van der Waals surface area contributed by atoms with E-state index in [9.17, 15) is 29.7 Å². The van der Waals surface area contributed by atoms with Crippen molar-refractivity contribution in [2.45, 2.75) is 42.4 Å². The lowest BCUT2D eigenvalue weighted by Crippen LogP contribution is -2.77. The van der Waals surface area contributed by atoms with Gasteiger partial charge in [-0.3, -0.25) is 3.83 Å². The third-order valence-electron chi connectivity index (χ3n) is 3.62. The Morgan fingerprint density at radius 3 is 2.10 bits per heavy atom. The lowest BCUT2D eigenvalue weighted by atomic mass is 9.65. The van der Waals surface area contributed by atoms with Crippen LogP contribution in [0.4, 0.5) is 0 Å². The second-order valence-electron chi connectivity index (χ2n) is 4.66. The number of halogens is 1. The summed E-state index contributed by atoms with van der Waals surface area (Å²) in [5.74, 6) is 0. The highest BCUT2D eigenvalue weighted by molar-refractivity contribution is 9.06. The summed E-state index contributed by atoms with van der Waals surface area (Å²) in [7, 11) is 0. The zero-order valence-electron chi connectivity index (χ0n) is 10.4. The first-order valence-corrected chi connectivity index (χ1v) is 6.37. The van der Waals surface area contributed by atoms with Crippen LogP contribution in [0.1, 0.15) is 19.3 Å². The van der Waals surface area contributed by atoms with Gasteiger partial charge in [0, 0.05) is 19.3 Å². The summed E-state index contributed by atoms with van der Waals surface area (Å²) in [6.45, 7) is -0.562. The molecule has 1 aliphatic rings. The van der Waals surface area contributed by atoms with E-state index in [1.54, 1.807) is 0 Å². The second-order valence-corrected chi connectivity index (χ2v) is 5.03. The normalized spacial score (nSPS) is 41.1. The fraction of sp³-hybridized carbons (Fsp3) is 0.727. The topological polar surface area (TPSA) is 130 Å². The predicted molar refractivity (Wildman–Crippen MR) is 66.6 cm³/mol. The molecule has 0 aromatic heterocycles. The zero-order chi connectivity index (χ0) is 15.4. The summed E-state index contributed by atoms with van der Waals surface area (Å²) < 4.78 is 9.72. The SMILES string of the molecule is O=CC[C@@]1(O)CO[C@H](OBr)[C@@](O)(CC=O)[C@]1(O)CC=O. The van der Waals surface area contributed by atoms with Gasteiger partial charge in [0.2, 0.25) is 6.29 Å². The van der Waals surface area contributed by atoms with Crippen molar-refractivity contribution in [3.8, 4) is 0 Å². The number of aliphatic hydroxyl groups is 3. The Morgan fingerprint density at radius 2 is 1.65 bits per heavy atom. The van der Waals surface area contributed by atoms with Crippen LogP contribution < -0.4 is 0 Å². The molecule has 1 heterocycles.